The molecule has 0 fully saturated rings. The van der Waals surface area contributed by atoms with Gasteiger partial charge in [-0.05, 0) is 27.2 Å². The summed E-state index contributed by atoms with van der Waals surface area (Å²) in [5.74, 6) is 0.921. The lowest BCUT2D eigenvalue weighted by Gasteiger charge is -2.03. The summed E-state index contributed by atoms with van der Waals surface area (Å²) in [6.07, 6.45) is 5.22. The molecule has 1 N–H and O–H groups in total. The van der Waals surface area contributed by atoms with Crippen LogP contribution in [-0.4, -0.2) is 19.6 Å². The Morgan fingerprint density at radius 1 is 1.32 bits per heavy atom. The van der Waals surface area contributed by atoms with E-state index in [1.165, 1.54) is 5.56 Å². The van der Waals surface area contributed by atoms with Gasteiger partial charge in [0.25, 0.3) is 0 Å². The van der Waals surface area contributed by atoms with Crippen molar-refractivity contribution in [1.29, 1.82) is 0 Å². The summed E-state index contributed by atoms with van der Waals surface area (Å²) in [5.41, 5.74) is 2.30. The first-order valence-electron chi connectivity index (χ1n) is 6.92. The Morgan fingerprint density at radius 2 is 2.11 bits per heavy atom. The molecule has 5 nitrogen and oxygen atoms in total. The molecule has 0 saturated carbocycles. The van der Waals surface area contributed by atoms with Crippen molar-refractivity contribution in [3.05, 3.63) is 29.7 Å². The second-order valence-electron chi connectivity index (χ2n) is 5.13. The Morgan fingerprint density at radius 3 is 2.74 bits per heavy atom. The zero-order valence-corrected chi connectivity index (χ0v) is 12.2. The van der Waals surface area contributed by atoms with Crippen LogP contribution in [0.1, 0.15) is 44.5 Å². The third kappa shape index (κ3) is 3.36. The molecule has 0 aliphatic rings. The standard InChI is InChI=1S/C14H23N5/c1-5-7-18-8-6-14(17-18)15-9-13-10-19(11(2)3)16-12(13)4/h6,8,10-11H,5,7,9H2,1-4H3,(H,15,17). The van der Waals surface area contributed by atoms with Gasteiger partial charge in [0, 0.05) is 43.2 Å². The van der Waals surface area contributed by atoms with E-state index in [9.17, 15) is 0 Å². The number of anilines is 1. The summed E-state index contributed by atoms with van der Waals surface area (Å²) in [6, 6.07) is 2.41. The van der Waals surface area contributed by atoms with Crippen LogP contribution in [0.4, 0.5) is 5.82 Å². The fourth-order valence-corrected chi connectivity index (χ4v) is 1.95. The molecule has 19 heavy (non-hydrogen) atoms. The second-order valence-corrected chi connectivity index (χ2v) is 5.13. The number of rotatable bonds is 6. The highest BCUT2D eigenvalue weighted by Crippen LogP contribution is 2.12. The third-order valence-electron chi connectivity index (χ3n) is 3.10. The number of nitrogens with one attached hydrogen (secondary N) is 1. The molecule has 2 aromatic rings. The van der Waals surface area contributed by atoms with Crippen LogP contribution in [-0.2, 0) is 13.1 Å². The van der Waals surface area contributed by atoms with Crippen LogP contribution in [0.5, 0.6) is 0 Å². The minimum Gasteiger partial charge on any atom is -0.364 e. The maximum Gasteiger partial charge on any atom is 0.148 e. The Bertz CT molecular complexity index is 524. The summed E-state index contributed by atoms with van der Waals surface area (Å²) >= 11 is 0. The summed E-state index contributed by atoms with van der Waals surface area (Å²) < 4.78 is 3.97. The van der Waals surface area contributed by atoms with E-state index in [1.807, 2.05) is 28.6 Å². The molecule has 0 atom stereocenters. The van der Waals surface area contributed by atoms with Crippen molar-refractivity contribution < 1.29 is 0 Å². The first-order valence-corrected chi connectivity index (χ1v) is 6.92. The number of aromatic nitrogens is 4. The van der Waals surface area contributed by atoms with Crippen molar-refractivity contribution in [2.45, 2.75) is 53.2 Å². The van der Waals surface area contributed by atoms with Crippen LogP contribution in [0.2, 0.25) is 0 Å². The fraction of sp³-hybridized carbons (Fsp3) is 0.571. The Hall–Kier alpha value is -1.78. The predicted octanol–water partition coefficient (Wildman–Crippen LogP) is 2.99. The summed E-state index contributed by atoms with van der Waals surface area (Å²) in [6.45, 7) is 10.2. The van der Waals surface area contributed by atoms with E-state index < -0.39 is 0 Å². The van der Waals surface area contributed by atoms with Gasteiger partial charge in [-0.1, -0.05) is 6.92 Å². The van der Waals surface area contributed by atoms with E-state index in [4.69, 9.17) is 0 Å². The Kier molecular flexibility index (Phi) is 4.24. The molecule has 0 aliphatic heterocycles. The van der Waals surface area contributed by atoms with Gasteiger partial charge in [-0.15, -0.1) is 0 Å². The lowest BCUT2D eigenvalue weighted by Crippen LogP contribution is -2.03. The SMILES string of the molecule is CCCn1ccc(NCc2cn(C(C)C)nc2C)n1. The number of hydrogen-bond acceptors (Lipinski definition) is 3. The molecule has 0 amide bonds. The minimum atomic E-state index is 0.399. The van der Waals surface area contributed by atoms with Gasteiger partial charge < -0.3 is 5.32 Å². The number of hydrogen-bond donors (Lipinski definition) is 1. The van der Waals surface area contributed by atoms with Gasteiger partial charge in [0.05, 0.1) is 5.69 Å². The van der Waals surface area contributed by atoms with Crippen molar-refractivity contribution >= 4 is 5.82 Å². The van der Waals surface area contributed by atoms with Gasteiger partial charge in [-0.2, -0.15) is 10.2 Å². The first-order chi connectivity index (χ1) is 9.10. The molecule has 5 heteroatoms. The molecular weight excluding hydrogens is 238 g/mol. The normalized spacial score (nSPS) is 11.2. The molecule has 2 aromatic heterocycles. The monoisotopic (exact) mass is 261 g/mol. The second kappa shape index (κ2) is 5.91. The van der Waals surface area contributed by atoms with Crippen molar-refractivity contribution in [2.24, 2.45) is 0 Å². The van der Waals surface area contributed by atoms with Crippen molar-refractivity contribution in [3.8, 4) is 0 Å². The lowest BCUT2D eigenvalue weighted by atomic mass is 10.2. The molecule has 0 spiro atoms. The third-order valence-corrected chi connectivity index (χ3v) is 3.10. The Labute approximate surface area is 114 Å². The molecule has 0 saturated heterocycles. The lowest BCUT2D eigenvalue weighted by molar-refractivity contribution is 0.529. The summed E-state index contributed by atoms with van der Waals surface area (Å²) in [7, 11) is 0. The smallest absolute Gasteiger partial charge is 0.148 e. The number of nitrogens with zero attached hydrogens (tertiary/aromatic N) is 4. The molecule has 0 aromatic carbocycles. The zero-order valence-electron chi connectivity index (χ0n) is 12.2. The highest BCUT2D eigenvalue weighted by molar-refractivity contribution is 5.34. The van der Waals surface area contributed by atoms with Gasteiger partial charge >= 0.3 is 0 Å². The van der Waals surface area contributed by atoms with Gasteiger partial charge in [0.15, 0.2) is 0 Å². The Balaban J connectivity index is 1.97. The largest absolute Gasteiger partial charge is 0.364 e. The van der Waals surface area contributed by atoms with Crippen molar-refractivity contribution in [2.75, 3.05) is 5.32 Å². The van der Waals surface area contributed by atoms with E-state index >= 15 is 0 Å². The number of aryl methyl sites for hydroxylation is 2. The molecule has 104 valence electrons. The molecular formula is C14H23N5. The van der Waals surface area contributed by atoms with E-state index in [1.54, 1.807) is 0 Å². The van der Waals surface area contributed by atoms with E-state index in [0.717, 1.165) is 31.0 Å². The topological polar surface area (TPSA) is 47.7 Å². The van der Waals surface area contributed by atoms with Crippen LogP contribution in [0.15, 0.2) is 18.5 Å². The molecule has 0 unspecified atom stereocenters. The van der Waals surface area contributed by atoms with E-state index in [2.05, 4.69) is 42.5 Å². The highest BCUT2D eigenvalue weighted by Gasteiger charge is 2.07. The molecule has 2 heterocycles. The predicted molar refractivity (Wildman–Crippen MR) is 77.2 cm³/mol. The molecule has 0 radical (unpaired) electrons. The quantitative estimate of drug-likeness (QED) is 0.869. The average Bonchev–Trinajstić information content (AvgIpc) is 2.94. The fourth-order valence-electron chi connectivity index (χ4n) is 1.95. The average molecular weight is 261 g/mol. The van der Waals surface area contributed by atoms with Gasteiger partial charge in [-0.3, -0.25) is 9.36 Å². The maximum absolute atomic E-state index is 4.51. The van der Waals surface area contributed by atoms with Crippen LogP contribution in [0.25, 0.3) is 0 Å². The van der Waals surface area contributed by atoms with Crippen molar-refractivity contribution in [3.63, 3.8) is 0 Å². The van der Waals surface area contributed by atoms with E-state index in [0.29, 0.717) is 6.04 Å². The van der Waals surface area contributed by atoms with Crippen LogP contribution in [0.3, 0.4) is 0 Å². The highest BCUT2D eigenvalue weighted by atomic mass is 15.3. The van der Waals surface area contributed by atoms with Crippen LogP contribution < -0.4 is 5.32 Å². The van der Waals surface area contributed by atoms with Crippen LogP contribution >= 0.6 is 0 Å². The summed E-state index contributed by atoms with van der Waals surface area (Å²) in [4.78, 5) is 0. The van der Waals surface area contributed by atoms with Crippen molar-refractivity contribution in [1.82, 2.24) is 19.6 Å². The summed E-state index contributed by atoms with van der Waals surface area (Å²) in [5, 5.41) is 12.3. The molecule has 2 rings (SSSR count). The molecule has 0 bridgehead atoms. The van der Waals surface area contributed by atoms with Gasteiger partial charge in [-0.25, -0.2) is 0 Å². The van der Waals surface area contributed by atoms with E-state index in [-0.39, 0.29) is 0 Å². The van der Waals surface area contributed by atoms with Gasteiger partial charge in [0.1, 0.15) is 5.82 Å². The minimum absolute atomic E-state index is 0.399. The van der Waals surface area contributed by atoms with Gasteiger partial charge in [0.2, 0.25) is 0 Å². The maximum atomic E-state index is 4.51. The van der Waals surface area contributed by atoms with Crippen LogP contribution in [0, 0.1) is 6.92 Å². The first kappa shape index (κ1) is 13.6. The zero-order chi connectivity index (χ0) is 13.8. The molecule has 0 aliphatic carbocycles.